The lowest BCUT2D eigenvalue weighted by molar-refractivity contribution is -0.119. The maximum atomic E-state index is 12.9. The molecule has 5 nitrogen and oxygen atoms in total. The molecule has 2 N–H and O–H groups in total. The van der Waals surface area contributed by atoms with Crippen molar-refractivity contribution in [1.29, 1.82) is 0 Å². The van der Waals surface area contributed by atoms with E-state index in [1.54, 1.807) is 24.3 Å². The second kappa shape index (κ2) is 6.12. The van der Waals surface area contributed by atoms with E-state index < -0.39 is 11.9 Å². The lowest BCUT2D eigenvalue weighted by atomic mass is 10.1. The van der Waals surface area contributed by atoms with E-state index >= 15 is 0 Å². The quantitative estimate of drug-likeness (QED) is 0.940. The van der Waals surface area contributed by atoms with Crippen molar-refractivity contribution in [2.45, 2.75) is 19.4 Å². The predicted molar refractivity (Wildman–Crippen MR) is 87.5 cm³/mol. The molecule has 2 amide bonds. The van der Waals surface area contributed by atoms with Crippen LogP contribution in [-0.2, 0) is 11.2 Å². The Bertz CT molecular complexity index is 740. The third-order valence-electron chi connectivity index (χ3n) is 3.94. The molecule has 2 aromatic rings. The number of carbonyl (C=O) groups excluding carboxylic acids is 2. The number of rotatable bonds is 4. The highest BCUT2D eigenvalue weighted by Crippen LogP contribution is 2.33. The van der Waals surface area contributed by atoms with Crippen LogP contribution in [0.4, 0.5) is 5.69 Å². The van der Waals surface area contributed by atoms with Crippen LogP contribution in [0.3, 0.4) is 0 Å². The van der Waals surface area contributed by atoms with E-state index in [-0.39, 0.29) is 5.91 Å². The van der Waals surface area contributed by atoms with Gasteiger partial charge in [-0.25, -0.2) is 0 Å². The number of nitrogens with zero attached hydrogens (tertiary/aromatic N) is 1. The Morgan fingerprint density at radius 1 is 1.17 bits per heavy atom. The van der Waals surface area contributed by atoms with Gasteiger partial charge in [-0.05, 0) is 42.8 Å². The molecule has 0 aliphatic carbocycles. The van der Waals surface area contributed by atoms with Crippen LogP contribution in [0.25, 0.3) is 0 Å². The average molecular weight is 310 g/mol. The number of anilines is 1. The first-order valence-corrected chi connectivity index (χ1v) is 7.55. The smallest absolute Gasteiger partial charge is 0.259 e. The lowest BCUT2D eigenvalue weighted by Crippen LogP contribution is -2.46. The number of ether oxygens (including phenoxy) is 1. The van der Waals surface area contributed by atoms with E-state index in [1.807, 2.05) is 31.2 Å². The van der Waals surface area contributed by atoms with Gasteiger partial charge < -0.3 is 10.5 Å². The fraction of sp³-hybridized carbons (Fsp3) is 0.222. The minimum Gasteiger partial charge on any atom is -0.494 e. The summed E-state index contributed by atoms with van der Waals surface area (Å²) >= 11 is 0. The van der Waals surface area contributed by atoms with E-state index in [0.29, 0.717) is 24.3 Å². The Morgan fingerprint density at radius 3 is 2.52 bits per heavy atom. The van der Waals surface area contributed by atoms with Crippen molar-refractivity contribution in [3.8, 4) is 5.75 Å². The summed E-state index contributed by atoms with van der Waals surface area (Å²) in [7, 11) is 0. The van der Waals surface area contributed by atoms with Crippen LogP contribution in [0.15, 0.2) is 48.5 Å². The fourth-order valence-corrected chi connectivity index (χ4v) is 2.86. The van der Waals surface area contributed by atoms with Crippen molar-refractivity contribution < 1.29 is 14.3 Å². The molecule has 1 heterocycles. The molecule has 1 aliphatic rings. The highest BCUT2D eigenvalue weighted by molar-refractivity contribution is 6.11. The summed E-state index contributed by atoms with van der Waals surface area (Å²) in [5.41, 5.74) is 7.69. The normalized spacial score (nSPS) is 16.0. The Kier molecular flexibility index (Phi) is 4.02. The van der Waals surface area contributed by atoms with E-state index in [2.05, 4.69) is 0 Å². The van der Waals surface area contributed by atoms with Crippen molar-refractivity contribution in [2.75, 3.05) is 11.5 Å². The molecule has 2 aromatic carbocycles. The van der Waals surface area contributed by atoms with Crippen LogP contribution in [-0.4, -0.2) is 24.5 Å². The fourth-order valence-electron chi connectivity index (χ4n) is 2.86. The zero-order valence-corrected chi connectivity index (χ0v) is 12.9. The van der Waals surface area contributed by atoms with Gasteiger partial charge in [-0.15, -0.1) is 0 Å². The largest absolute Gasteiger partial charge is 0.494 e. The molecule has 0 fully saturated rings. The van der Waals surface area contributed by atoms with Crippen molar-refractivity contribution in [2.24, 2.45) is 5.73 Å². The van der Waals surface area contributed by atoms with Gasteiger partial charge in [-0.3, -0.25) is 14.5 Å². The maximum Gasteiger partial charge on any atom is 0.259 e. The molecule has 23 heavy (non-hydrogen) atoms. The number of nitrogens with two attached hydrogens (primary N) is 1. The molecule has 3 rings (SSSR count). The van der Waals surface area contributed by atoms with Crippen LogP contribution in [0, 0.1) is 0 Å². The minimum atomic E-state index is -0.647. The summed E-state index contributed by atoms with van der Waals surface area (Å²) in [6, 6.07) is 13.7. The Labute approximate surface area is 134 Å². The molecule has 1 atom stereocenters. The van der Waals surface area contributed by atoms with Gasteiger partial charge in [0.05, 0.1) is 6.61 Å². The first-order valence-electron chi connectivity index (χ1n) is 7.55. The van der Waals surface area contributed by atoms with Gasteiger partial charge in [0.25, 0.3) is 5.91 Å². The van der Waals surface area contributed by atoms with E-state index in [9.17, 15) is 9.59 Å². The maximum absolute atomic E-state index is 12.9. The Hall–Kier alpha value is -2.82. The first kappa shape index (κ1) is 15.1. The van der Waals surface area contributed by atoms with Gasteiger partial charge in [-0.2, -0.15) is 0 Å². The number of fused-ring (bicyclic) bond motifs is 1. The second-order valence-electron chi connectivity index (χ2n) is 5.38. The van der Waals surface area contributed by atoms with E-state index in [0.717, 1.165) is 11.3 Å². The molecule has 1 unspecified atom stereocenters. The summed E-state index contributed by atoms with van der Waals surface area (Å²) in [5.74, 6) is -0.0281. The zero-order valence-electron chi connectivity index (χ0n) is 12.9. The van der Waals surface area contributed by atoms with Gasteiger partial charge >= 0.3 is 0 Å². The molecule has 5 heteroatoms. The summed E-state index contributed by atoms with van der Waals surface area (Å²) in [6.07, 6.45) is 0.453. The summed E-state index contributed by atoms with van der Waals surface area (Å²) < 4.78 is 5.38. The monoisotopic (exact) mass is 310 g/mol. The number of amides is 2. The number of hydrogen-bond donors (Lipinski definition) is 1. The molecule has 118 valence electrons. The highest BCUT2D eigenvalue weighted by atomic mass is 16.5. The number of para-hydroxylation sites is 1. The second-order valence-corrected chi connectivity index (χ2v) is 5.38. The Balaban J connectivity index is 1.94. The van der Waals surface area contributed by atoms with E-state index in [4.69, 9.17) is 10.5 Å². The number of carbonyl (C=O) groups is 2. The molecule has 0 saturated carbocycles. The molecule has 0 radical (unpaired) electrons. The predicted octanol–water partition coefficient (Wildman–Crippen LogP) is 2.14. The van der Waals surface area contributed by atoms with Crippen LogP contribution >= 0.6 is 0 Å². The van der Waals surface area contributed by atoms with E-state index in [1.165, 1.54) is 4.90 Å². The first-order chi connectivity index (χ1) is 11.1. The summed E-state index contributed by atoms with van der Waals surface area (Å²) in [5, 5.41) is 0. The van der Waals surface area contributed by atoms with Crippen molar-refractivity contribution in [1.82, 2.24) is 0 Å². The van der Waals surface area contributed by atoms with Crippen molar-refractivity contribution in [3.63, 3.8) is 0 Å². The zero-order chi connectivity index (χ0) is 16.4. The van der Waals surface area contributed by atoms with Gasteiger partial charge in [0, 0.05) is 17.7 Å². The summed E-state index contributed by atoms with van der Waals surface area (Å²) in [6.45, 7) is 2.47. The van der Waals surface area contributed by atoms with Crippen LogP contribution < -0.4 is 15.4 Å². The topological polar surface area (TPSA) is 72.6 Å². The molecule has 0 bridgehead atoms. The van der Waals surface area contributed by atoms with Gasteiger partial charge in [0.2, 0.25) is 5.91 Å². The molecular formula is C18H18N2O3. The lowest BCUT2D eigenvalue weighted by Gasteiger charge is -2.23. The van der Waals surface area contributed by atoms with Crippen LogP contribution in [0.5, 0.6) is 5.75 Å². The minimum absolute atomic E-state index is 0.234. The van der Waals surface area contributed by atoms with Crippen LogP contribution in [0.2, 0.25) is 0 Å². The molecular weight excluding hydrogens is 292 g/mol. The number of primary amides is 1. The van der Waals surface area contributed by atoms with Gasteiger partial charge in [-0.1, -0.05) is 18.2 Å². The average Bonchev–Trinajstić information content (AvgIpc) is 2.95. The molecule has 0 spiro atoms. The molecule has 1 aliphatic heterocycles. The van der Waals surface area contributed by atoms with Crippen molar-refractivity contribution in [3.05, 3.63) is 59.7 Å². The van der Waals surface area contributed by atoms with Gasteiger partial charge in [0.1, 0.15) is 11.8 Å². The van der Waals surface area contributed by atoms with Crippen molar-refractivity contribution >= 4 is 17.5 Å². The molecule has 0 saturated heterocycles. The Morgan fingerprint density at radius 2 is 1.87 bits per heavy atom. The standard InChI is InChI=1S/C18H18N2O3/c1-2-23-14-9-7-12(8-10-14)18(22)20-15-6-4-3-5-13(15)11-16(20)17(19)21/h3-10,16H,2,11H2,1H3,(H2,19,21). The number of benzene rings is 2. The summed E-state index contributed by atoms with van der Waals surface area (Å²) in [4.78, 5) is 26.1. The SMILES string of the molecule is CCOc1ccc(C(=O)N2c3ccccc3CC2C(N)=O)cc1. The van der Waals surface area contributed by atoms with Gasteiger partial charge in [0.15, 0.2) is 0 Å². The van der Waals surface area contributed by atoms with Crippen LogP contribution in [0.1, 0.15) is 22.8 Å². The molecule has 0 aromatic heterocycles. The third kappa shape index (κ3) is 2.77. The third-order valence-corrected chi connectivity index (χ3v) is 3.94. The highest BCUT2D eigenvalue weighted by Gasteiger charge is 2.37. The number of hydrogen-bond acceptors (Lipinski definition) is 3.